The molecule has 0 spiro atoms. The molecule has 78 valence electrons. The standard InChI is InChI=1S/C11H19N3/c12-6-8-1-4-10-11(5-8)14(7-13-10)9-2-3-9/h7-11H,1-6,12H2. The maximum Gasteiger partial charge on any atom is 0.0859 e. The largest absolute Gasteiger partial charge is 0.355 e. The minimum Gasteiger partial charge on any atom is -0.355 e. The van der Waals surface area contributed by atoms with Crippen molar-refractivity contribution in [1.82, 2.24) is 4.90 Å². The first-order chi connectivity index (χ1) is 6.88. The van der Waals surface area contributed by atoms with Crippen LogP contribution in [-0.2, 0) is 0 Å². The normalized spacial score (nSPS) is 41.5. The summed E-state index contributed by atoms with van der Waals surface area (Å²) in [7, 11) is 0. The molecule has 1 heterocycles. The van der Waals surface area contributed by atoms with Gasteiger partial charge in [0.05, 0.1) is 18.4 Å². The van der Waals surface area contributed by atoms with Crippen LogP contribution in [0.1, 0.15) is 32.1 Å². The summed E-state index contributed by atoms with van der Waals surface area (Å²) in [4.78, 5) is 7.15. The van der Waals surface area contributed by atoms with E-state index in [2.05, 4.69) is 16.2 Å². The lowest BCUT2D eigenvalue weighted by molar-refractivity contribution is 0.198. The minimum absolute atomic E-state index is 0.596. The van der Waals surface area contributed by atoms with Crippen molar-refractivity contribution in [1.29, 1.82) is 0 Å². The highest BCUT2D eigenvalue weighted by Gasteiger charge is 2.42. The van der Waals surface area contributed by atoms with Crippen molar-refractivity contribution < 1.29 is 0 Å². The second-order valence-corrected chi connectivity index (χ2v) is 4.99. The lowest BCUT2D eigenvalue weighted by atomic mass is 9.82. The van der Waals surface area contributed by atoms with E-state index in [-0.39, 0.29) is 0 Å². The molecule has 2 fully saturated rings. The summed E-state index contributed by atoms with van der Waals surface area (Å²) in [5.74, 6) is 0.749. The molecule has 3 heteroatoms. The SMILES string of the molecule is NCC1CCC2N=CN(C3CC3)C2C1. The van der Waals surface area contributed by atoms with Gasteiger partial charge in [-0.25, -0.2) is 0 Å². The third kappa shape index (κ3) is 1.34. The summed E-state index contributed by atoms with van der Waals surface area (Å²) in [5.41, 5.74) is 5.76. The van der Waals surface area contributed by atoms with E-state index >= 15 is 0 Å². The maximum absolute atomic E-state index is 5.76. The molecule has 2 aliphatic carbocycles. The van der Waals surface area contributed by atoms with Gasteiger partial charge in [-0.1, -0.05) is 0 Å². The Morgan fingerprint density at radius 2 is 2.14 bits per heavy atom. The first-order valence-corrected chi connectivity index (χ1v) is 5.89. The molecule has 2 saturated carbocycles. The number of aliphatic imine (C=N–C) groups is 1. The summed E-state index contributed by atoms with van der Waals surface area (Å²) >= 11 is 0. The summed E-state index contributed by atoms with van der Waals surface area (Å²) in [6.45, 7) is 0.863. The Labute approximate surface area is 85.4 Å². The number of hydrogen-bond acceptors (Lipinski definition) is 3. The fourth-order valence-electron chi connectivity index (χ4n) is 2.91. The van der Waals surface area contributed by atoms with Crippen LogP contribution in [0.2, 0.25) is 0 Å². The maximum atomic E-state index is 5.76. The summed E-state index contributed by atoms with van der Waals surface area (Å²) in [6, 6.07) is 2.12. The molecular formula is C11H19N3. The topological polar surface area (TPSA) is 41.6 Å². The van der Waals surface area contributed by atoms with Crippen LogP contribution >= 0.6 is 0 Å². The quantitative estimate of drug-likeness (QED) is 0.710. The molecule has 3 atom stereocenters. The Morgan fingerprint density at radius 1 is 1.29 bits per heavy atom. The molecule has 3 nitrogen and oxygen atoms in total. The van der Waals surface area contributed by atoms with E-state index in [1.165, 1.54) is 32.1 Å². The predicted octanol–water partition coefficient (Wildman–Crippen LogP) is 0.989. The van der Waals surface area contributed by atoms with E-state index in [0.717, 1.165) is 18.5 Å². The van der Waals surface area contributed by atoms with Gasteiger partial charge in [0.1, 0.15) is 0 Å². The van der Waals surface area contributed by atoms with Crippen LogP contribution in [0.25, 0.3) is 0 Å². The van der Waals surface area contributed by atoms with Crippen molar-refractivity contribution in [2.75, 3.05) is 6.54 Å². The zero-order valence-corrected chi connectivity index (χ0v) is 8.60. The van der Waals surface area contributed by atoms with Gasteiger partial charge in [-0.15, -0.1) is 0 Å². The average Bonchev–Trinajstić information content (AvgIpc) is 2.98. The predicted molar refractivity (Wildman–Crippen MR) is 57.3 cm³/mol. The lowest BCUT2D eigenvalue weighted by Crippen LogP contribution is -2.43. The number of hydrogen-bond donors (Lipinski definition) is 1. The molecular weight excluding hydrogens is 174 g/mol. The fourth-order valence-corrected chi connectivity index (χ4v) is 2.91. The minimum atomic E-state index is 0.596. The monoisotopic (exact) mass is 193 g/mol. The van der Waals surface area contributed by atoms with Crippen LogP contribution in [-0.4, -0.2) is 35.9 Å². The second-order valence-electron chi connectivity index (χ2n) is 4.99. The Balaban J connectivity index is 1.70. The summed E-state index contributed by atoms with van der Waals surface area (Å²) in [5, 5.41) is 0. The van der Waals surface area contributed by atoms with Gasteiger partial charge in [-0.3, -0.25) is 4.99 Å². The molecule has 14 heavy (non-hydrogen) atoms. The highest BCUT2D eigenvalue weighted by Crippen LogP contribution is 2.38. The number of nitrogens with zero attached hydrogens (tertiary/aromatic N) is 2. The summed E-state index contributed by atoms with van der Waals surface area (Å²) in [6.07, 6.45) is 8.69. The smallest absolute Gasteiger partial charge is 0.0859 e. The van der Waals surface area contributed by atoms with Crippen molar-refractivity contribution in [2.24, 2.45) is 16.6 Å². The highest BCUT2D eigenvalue weighted by atomic mass is 15.3. The Hall–Kier alpha value is -0.570. The molecule has 3 unspecified atom stereocenters. The van der Waals surface area contributed by atoms with Crippen molar-refractivity contribution in [2.45, 2.75) is 50.2 Å². The van der Waals surface area contributed by atoms with Crippen molar-refractivity contribution in [3.63, 3.8) is 0 Å². The van der Waals surface area contributed by atoms with Gasteiger partial charge in [0.15, 0.2) is 0 Å². The number of fused-ring (bicyclic) bond motifs is 1. The van der Waals surface area contributed by atoms with E-state index in [9.17, 15) is 0 Å². The molecule has 0 aromatic carbocycles. The highest BCUT2D eigenvalue weighted by molar-refractivity contribution is 5.60. The molecule has 2 N–H and O–H groups in total. The van der Waals surface area contributed by atoms with Crippen molar-refractivity contribution in [3.05, 3.63) is 0 Å². The first-order valence-electron chi connectivity index (χ1n) is 5.89. The Bertz CT molecular complexity index is 247. The van der Waals surface area contributed by atoms with Gasteiger partial charge >= 0.3 is 0 Å². The molecule has 0 bridgehead atoms. The fraction of sp³-hybridized carbons (Fsp3) is 0.909. The molecule has 3 rings (SSSR count). The van der Waals surface area contributed by atoms with E-state index in [1.54, 1.807) is 0 Å². The van der Waals surface area contributed by atoms with Gasteiger partial charge in [-0.2, -0.15) is 0 Å². The van der Waals surface area contributed by atoms with Gasteiger partial charge in [0, 0.05) is 6.04 Å². The molecule has 0 radical (unpaired) electrons. The van der Waals surface area contributed by atoms with E-state index < -0.39 is 0 Å². The second kappa shape index (κ2) is 3.23. The van der Waals surface area contributed by atoms with Crippen LogP contribution in [0, 0.1) is 5.92 Å². The lowest BCUT2D eigenvalue weighted by Gasteiger charge is -2.35. The number of rotatable bonds is 2. The van der Waals surface area contributed by atoms with Gasteiger partial charge in [0.25, 0.3) is 0 Å². The Kier molecular flexibility index (Phi) is 2.01. The van der Waals surface area contributed by atoms with Crippen LogP contribution in [0.4, 0.5) is 0 Å². The number of nitrogens with two attached hydrogens (primary N) is 1. The zero-order valence-electron chi connectivity index (χ0n) is 8.60. The van der Waals surface area contributed by atoms with E-state index in [0.29, 0.717) is 12.1 Å². The molecule has 0 amide bonds. The van der Waals surface area contributed by atoms with Crippen molar-refractivity contribution >= 4 is 6.34 Å². The van der Waals surface area contributed by atoms with Crippen LogP contribution < -0.4 is 5.73 Å². The van der Waals surface area contributed by atoms with Crippen LogP contribution in [0.5, 0.6) is 0 Å². The van der Waals surface area contributed by atoms with Crippen LogP contribution in [0.15, 0.2) is 4.99 Å². The first kappa shape index (κ1) is 8.72. The molecule has 0 aromatic rings. The van der Waals surface area contributed by atoms with E-state index in [4.69, 9.17) is 5.73 Å². The van der Waals surface area contributed by atoms with E-state index in [1.807, 2.05) is 0 Å². The summed E-state index contributed by atoms with van der Waals surface area (Å²) < 4.78 is 0. The van der Waals surface area contributed by atoms with Gasteiger partial charge in [0.2, 0.25) is 0 Å². The third-order valence-electron chi connectivity index (χ3n) is 3.97. The molecule has 3 aliphatic rings. The Morgan fingerprint density at radius 3 is 2.86 bits per heavy atom. The molecule has 0 saturated heterocycles. The average molecular weight is 193 g/mol. The van der Waals surface area contributed by atoms with Crippen molar-refractivity contribution in [3.8, 4) is 0 Å². The molecule has 1 aliphatic heterocycles. The van der Waals surface area contributed by atoms with Crippen LogP contribution in [0.3, 0.4) is 0 Å². The van der Waals surface area contributed by atoms with Gasteiger partial charge < -0.3 is 10.6 Å². The molecule has 0 aromatic heterocycles. The third-order valence-corrected chi connectivity index (χ3v) is 3.97. The van der Waals surface area contributed by atoms with Gasteiger partial charge in [-0.05, 0) is 44.6 Å². The zero-order chi connectivity index (χ0) is 9.54.